The molecule has 4 aromatic rings. The van der Waals surface area contributed by atoms with Gasteiger partial charge in [-0.1, -0.05) is 30.1 Å². The molecule has 5 rings (SSSR count). The Hall–Kier alpha value is -3.31. The number of piperidine rings is 1. The third-order valence-corrected chi connectivity index (χ3v) is 9.33. The van der Waals surface area contributed by atoms with Gasteiger partial charge in [0.2, 0.25) is 0 Å². The second-order valence-electron chi connectivity index (χ2n) is 10.5. The minimum Gasteiger partial charge on any atom is -0.493 e. The third kappa shape index (κ3) is 7.62. The molecule has 1 saturated heterocycles. The Morgan fingerprint density at radius 3 is 2.60 bits per heavy atom. The summed E-state index contributed by atoms with van der Waals surface area (Å²) >= 11 is 11.8. The van der Waals surface area contributed by atoms with Crippen LogP contribution in [0.5, 0.6) is 23.0 Å². The van der Waals surface area contributed by atoms with Gasteiger partial charge in [0.05, 0.1) is 39.9 Å². The molecule has 1 atom stereocenters. The number of ether oxygens (including phenoxy) is 3. The van der Waals surface area contributed by atoms with Crippen LogP contribution < -0.4 is 18.9 Å². The van der Waals surface area contributed by atoms with Crippen molar-refractivity contribution >= 4 is 49.8 Å². The number of anilines is 1. The highest BCUT2D eigenvalue weighted by Gasteiger charge is 2.19. The molecule has 0 amide bonds. The maximum Gasteiger partial charge on any atom is 0.261 e. The summed E-state index contributed by atoms with van der Waals surface area (Å²) in [5, 5.41) is 0.899. The standard InChI is InChI=1S/C31H32Cl2FN3O5S/c1-20-5-3-12-37(19-20)13-4-14-41-31-18-27-23(17-30(31)40-2)28(10-11-35-27)42-29-9-6-21(15-26(29)34)36-43(38,39)22-7-8-24(32)25(33)16-22/h6-11,15-18,20,36H,3-5,12-14,19H2,1-2H3. The van der Waals surface area contributed by atoms with Gasteiger partial charge in [0.1, 0.15) is 5.75 Å². The van der Waals surface area contributed by atoms with Crippen LogP contribution in [0.15, 0.2) is 65.7 Å². The number of fused-ring (bicyclic) bond motifs is 1. The average molecular weight is 649 g/mol. The van der Waals surface area contributed by atoms with E-state index in [1.165, 1.54) is 43.2 Å². The van der Waals surface area contributed by atoms with Crippen LogP contribution in [0.2, 0.25) is 10.0 Å². The van der Waals surface area contributed by atoms with Gasteiger partial charge in [-0.15, -0.1) is 0 Å². The molecule has 0 radical (unpaired) electrons. The maximum atomic E-state index is 15.1. The summed E-state index contributed by atoms with van der Waals surface area (Å²) in [4.78, 5) is 6.81. The molecule has 1 unspecified atom stereocenters. The van der Waals surface area contributed by atoms with Crippen molar-refractivity contribution in [3.05, 3.63) is 76.7 Å². The summed E-state index contributed by atoms with van der Waals surface area (Å²) in [5.74, 6) is 1.28. The smallest absolute Gasteiger partial charge is 0.261 e. The Balaban J connectivity index is 1.28. The predicted octanol–water partition coefficient (Wildman–Crippen LogP) is 7.78. The highest BCUT2D eigenvalue weighted by Crippen LogP contribution is 2.38. The monoisotopic (exact) mass is 647 g/mol. The van der Waals surface area contributed by atoms with Crippen molar-refractivity contribution in [2.45, 2.75) is 31.1 Å². The van der Waals surface area contributed by atoms with Crippen LogP contribution in [0.25, 0.3) is 10.9 Å². The molecular formula is C31H32Cl2FN3O5S. The second-order valence-corrected chi connectivity index (χ2v) is 13.0. The molecule has 8 nitrogen and oxygen atoms in total. The van der Waals surface area contributed by atoms with E-state index >= 15 is 4.39 Å². The molecule has 43 heavy (non-hydrogen) atoms. The molecule has 1 fully saturated rings. The summed E-state index contributed by atoms with van der Waals surface area (Å²) in [7, 11) is -2.48. The van der Waals surface area contributed by atoms with E-state index in [9.17, 15) is 8.42 Å². The quantitative estimate of drug-likeness (QED) is 0.166. The minimum absolute atomic E-state index is 0.00812. The number of likely N-dealkylation sites (tertiary alicyclic amines) is 1. The fourth-order valence-electron chi connectivity index (χ4n) is 5.07. The van der Waals surface area contributed by atoms with Gasteiger partial charge in [0.15, 0.2) is 23.1 Å². The lowest BCUT2D eigenvalue weighted by atomic mass is 10.0. The topological polar surface area (TPSA) is 90.0 Å². The van der Waals surface area contributed by atoms with Crippen molar-refractivity contribution in [3.63, 3.8) is 0 Å². The van der Waals surface area contributed by atoms with Gasteiger partial charge in [-0.25, -0.2) is 12.8 Å². The number of sulfonamides is 1. The molecule has 1 aliphatic rings. The Labute approximate surface area is 260 Å². The lowest BCUT2D eigenvalue weighted by Crippen LogP contribution is -2.35. The molecule has 0 saturated carbocycles. The summed E-state index contributed by atoms with van der Waals surface area (Å²) in [6.45, 7) is 6.08. The largest absolute Gasteiger partial charge is 0.493 e. The highest BCUT2D eigenvalue weighted by atomic mass is 35.5. The Kier molecular flexibility index (Phi) is 9.81. The molecule has 12 heteroatoms. The Bertz CT molecular complexity index is 1720. The van der Waals surface area contributed by atoms with E-state index in [0.717, 1.165) is 38.0 Å². The Morgan fingerprint density at radius 2 is 1.86 bits per heavy atom. The fraction of sp³-hybridized carbons (Fsp3) is 0.323. The zero-order chi connectivity index (χ0) is 30.6. The number of hydrogen-bond acceptors (Lipinski definition) is 7. The predicted molar refractivity (Wildman–Crippen MR) is 167 cm³/mol. The van der Waals surface area contributed by atoms with Crippen LogP contribution in [-0.4, -0.2) is 51.7 Å². The lowest BCUT2D eigenvalue weighted by Gasteiger charge is -2.30. The van der Waals surface area contributed by atoms with Gasteiger partial charge in [0, 0.05) is 36.8 Å². The molecule has 2 heterocycles. The molecular weight excluding hydrogens is 616 g/mol. The molecule has 228 valence electrons. The van der Waals surface area contributed by atoms with Crippen LogP contribution in [-0.2, 0) is 10.0 Å². The van der Waals surface area contributed by atoms with Gasteiger partial charge in [-0.2, -0.15) is 0 Å². The Morgan fingerprint density at radius 1 is 1.02 bits per heavy atom. The number of pyridine rings is 1. The van der Waals surface area contributed by atoms with Crippen molar-refractivity contribution in [2.75, 3.05) is 38.1 Å². The molecule has 1 aromatic heterocycles. The first kappa shape index (κ1) is 31.1. The zero-order valence-electron chi connectivity index (χ0n) is 23.8. The number of aromatic nitrogens is 1. The van der Waals surface area contributed by atoms with Gasteiger partial charge < -0.3 is 19.1 Å². The van der Waals surface area contributed by atoms with Crippen LogP contribution in [0, 0.1) is 11.7 Å². The summed E-state index contributed by atoms with van der Waals surface area (Å²) in [6, 6.07) is 12.8. The molecule has 3 aromatic carbocycles. The van der Waals surface area contributed by atoms with E-state index in [2.05, 4.69) is 21.5 Å². The van der Waals surface area contributed by atoms with Crippen molar-refractivity contribution in [1.82, 2.24) is 9.88 Å². The van der Waals surface area contributed by atoms with E-state index in [1.54, 1.807) is 31.5 Å². The van der Waals surface area contributed by atoms with Gasteiger partial charge in [-0.3, -0.25) is 9.71 Å². The van der Waals surface area contributed by atoms with Crippen molar-refractivity contribution in [3.8, 4) is 23.0 Å². The van der Waals surface area contributed by atoms with Crippen LogP contribution in [0.4, 0.5) is 10.1 Å². The van der Waals surface area contributed by atoms with Crippen molar-refractivity contribution in [1.29, 1.82) is 0 Å². The van der Waals surface area contributed by atoms with Crippen LogP contribution in [0.1, 0.15) is 26.2 Å². The number of halogens is 3. The number of rotatable bonds is 11. The van der Waals surface area contributed by atoms with E-state index in [4.69, 9.17) is 37.4 Å². The van der Waals surface area contributed by atoms with Crippen molar-refractivity contribution < 1.29 is 27.0 Å². The van der Waals surface area contributed by atoms with E-state index < -0.39 is 15.8 Å². The third-order valence-electron chi connectivity index (χ3n) is 7.21. The summed E-state index contributed by atoms with van der Waals surface area (Å²) in [6.07, 6.45) is 4.98. The van der Waals surface area contributed by atoms with Crippen molar-refractivity contribution in [2.24, 2.45) is 5.92 Å². The van der Waals surface area contributed by atoms with Gasteiger partial charge in [-0.05, 0) is 74.2 Å². The SMILES string of the molecule is COc1cc2c(Oc3ccc(NS(=O)(=O)c4ccc(Cl)c(Cl)c4)cc3F)ccnc2cc1OCCCN1CCCC(C)C1. The van der Waals surface area contributed by atoms with E-state index in [-0.39, 0.29) is 26.4 Å². The number of nitrogens with zero attached hydrogens (tertiary/aromatic N) is 2. The highest BCUT2D eigenvalue weighted by molar-refractivity contribution is 7.92. The first-order chi connectivity index (χ1) is 20.6. The normalized spacial score (nSPS) is 15.8. The first-order valence-electron chi connectivity index (χ1n) is 13.9. The van der Waals surface area contributed by atoms with Crippen LogP contribution >= 0.6 is 23.2 Å². The average Bonchev–Trinajstić information content (AvgIpc) is 2.97. The van der Waals surface area contributed by atoms with Gasteiger partial charge >= 0.3 is 0 Å². The van der Waals surface area contributed by atoms with E-state index in [0.29, 0.717) is 34.8 Å². The zero-order valence-corrected chi connectivity index (χ0v) is 26.1. The number of benzene rings is 3. The van der Waals surface area contributed by atoms with E-state index in [1.807, 2.05) is 0 Å². The molecule has 0 bridgehead atoms. The molecule has 0 aliphatic carbocycles. The lowest BCUT2D eigenvalue weighted by molar-refractivity contribution is 0.169. The molecule has 1 N–H and O–H groups in total. The minimum atomic E-state index is -4.04. The number of nitrogens with one attached hydrogen (secondary N) is 1. The second kappa shape index (κ2) is 13.5. The molecule has 0 spiro atoms. The first-order valence-corrected chi connectivity index (χ1v) is 16.1. The summed E-state index contributed by atoms with van der Waals surface area (Å²) in [5.41, 5.74) is 0.596. The maximum absolute atomic E-state index is 15.1. The van der Waals surface area contributed by atoms with Crippen LogP contribution in [0.3, 0.4) is 0 Å². The fourth-order valence-corrected chi connectivity index (χ4v) is 6.51. The summed E-state index contributed by atoms with van der Waals surface area (Å²) < 4.78 is 60.5. The molecule has 1 aliphatic heterocycles. The number of methoxy groups -OCH3 is 1. The van der Waals surface area contributed by atoms with Gasteiger partial charge in [0.25, 0.3) is 10.0 Å². The number of hydrogen-bond donors (Lipinski definition) is 1.